The van der Waals surface area contributed by atoms with E-state index < -0.39 is 85.0 Å². The monoisotopic (exact) mass is 671 g/mol. The van der Waals surface area contributed by atoms with E-state index in [4.69, 9.17) is 0 Å². The first-order valence-electron chi connectivity index (χ1n) is 15.0. The van der Waals surface area contributed by atoms with E-state index in [0.29, 0.717) is 10.1 Å². The van der Waals surface area contributed by atoms with Crippen molar-refractivity contribution in [3.8, 4) is 0 Å². The van der Waals surface area contributed by atoms with E-state index in [0.717, 1.165) is 13.8 Å². The van der Waals surface area contributed by atoms with E-state index in [9.17, 15) is 53.6 Å². The van der Waals surface area contributed by atoms with E-state index in [1.807, 2.05) is 0 Å². The summed E-state index contributed by atoms with van der Waals surface area (Å²) in [5.41, 5.74) is 0. The smallest absolute Gasteiger partial charge is 0.243 e. The van der Waals surface area contributed by atoms with Crippen LogP contribution in [0, 0.1) is 0 Å². The number of rotatable bonds is 12. The maximum Gasteiger partial charge on any atom is 0.243 e. The Labute approximate surface area is 271 Å². The summed E-state index contributed by atoms with van der Waals surface area (Å²) >= 11 is 0. The highest BCUT2D eigenvalue weighted by molar-refractivity contribution is 5.96. The van der Waals surface area contributed by atoms with Crippen molar-refractivity contribution in [1.29, 1.82) is 0 Å². The normalized spacial score (nSPS) is 20.1. The Morgan fingerprint density at radius 1 is 0.617 bits per heavy atom. The molecule has 1 fully saturated rings. The van der Waals surface area contributed by atoms with Crippen LogP contribution in [0.5, 0.6) is 0 Å². The van der Waals surface area contributed by atoms with Crippen LogP contribution in [0.2, 0.25) is 0 Å². The van der Waals surface area contributed by atoms with Gasteiger partial charge in [0.15, 0.2) is 0 Å². The first-order valence-corrected chi connectivity index (χ1v) is 15.0. The summed E-state index contributed by atoms with van der Waals surface area (Å²) < 4.78 is 0. The summed E-state index contributed by atoms with van der Waals surface area (Å²) in [6.45, 7) is 1.63. The molecule has 9 amide bonds. The Kier molecular flexibility index (Phi) is 18.0. The second-order valence-electron chi connectivity index (χ2n) is 10.7. The van der Waals surface area contributed by atoms with Crippen molar-refractivity contribution in [2.24, 2.45) is 0 Å². The molecule has 3 unspecified atom stereocenters. The zero-order chi connectivity index (χ0) is 35.5. The Hall–Kier alpha value is -4.85. The number of nitrogens with one attached hydrogen (secondary N) is 7. The standard InChI is InChI=1S/C27H45N9O11/c1-16(37)28-10-4-7-20-26(44)34-21(9-6-12-36(47)18(3)39)27(45)33-19(8-5-11-35(46)17(2)38)25(43)31-14-23(41)29-13-22(40)30-15-24(42)32-20/h19-21,46-47H,4-15H2,1-3H3,(H,28,37)(H,29,41)(H,30,40)(H,31,43)(H,32,42)(H,33,45)(H,34,44). The molecule has 1 saturated heterocycles. The Balaban J connectivity index is 3.33. The van der Waals surface area contributed by atoms with Crippen LogP contribution < -0.4 is 37.2 Å². The van der Waals surface area contributed by atoms with E-state index in [1.165, 1.54) is 6.92 Å². The molecule has 264 valence electrons. The van der Waals surface area contributed by atoms with Gasteiger partial charge in [-0.15, -0.1) is 0 Å². The molecule has 20 heteroatoms. The number of carbonyl (C=O) groups is 9. The average Bonchev–Trinajstić information content (AvgIpc) is 3.00. The quantitative estimate of drug-likeness (QED) is 0.0544. The van der Waals surface area contributed by atoms with Gasteiger partial charge in [0.25, 0.3) is 0 Å². The second kappa shape index (κ2) is 21.0. The topological polar surface area (TPSA) is 285 Å². The van der Waals surface area contributed by atoms with Crippen LogP contribution in [0.25, 0.3) is 0 Å². The maximum atomic E-state index is 13.5. The highest BCUT2D eigenvalue weighted by Crippen LogP contribution is 2.07. The van der Waals surface area contributed by atoms with E-state index in [2.05, 4.69) is 37.2 Å². The minimum Gasteiger partial charge on any atom is -0.356 e. The highest BCUT2D eigenvalue weighted by atomic mass is 16.5. The van der Waals surface area contributed by atoms with Crippen LogP contribution in [-0.4, -0.2) is 131 Å². The van der Waals surface area contributed by atoms with Crippen LogP contribution in [0.4, 0.5) is 0 Å². The molecule has 0 aromatic heterocycles. The summed E-state index contributed by atoms with van der Waals surface area (Å²) in [6.07, 6.45) is 0.00611. The molecule has 47 heavy (non-hydrogen) atoms. The van der Waals surface area contributed by atoms with Crippen molar-refractivity contribution >= 4 is 53.2 Å². The van der Waals surface area contributed by atoms with E-state index >= 15 is 0 Å². The number of hydrogen-bond donors (Lipinski definition) is 9. The van der Waals surface area contributed by atoms with Gasteiger partial charge in [0.05, 0.1) is 19.6 Å². The molecule has 0 spiro atoms. The van der Waals surface area contributed by atoms with Gasteiger partial charge in [0.1, 0.15) is 18.1 Å². The third-order valence-corrected chi connectivity index (χ3v) is 6.73. The van der Waals surface area contributed by atoms with E-state index in [-0.39, 0.29) is 64.1 Å². The third-order valence-electron chi connectivity index (χ3n) is 6.73. The molecule has 0 aromatic rings. The van der Waals surface area contributed by atoms with Crippen molar-refractivity contribution < 1.29 is 53.6 Å². The molecule has 0 radical (unpaired) electrons. The second-order valence-corrected chi connectivity index (χ2v) is 10.7. The molecular formula is C27H45N9O11. The van der Waals surface area contributed by atoms with Gasteiger partial charge in [-0.3, -0.25) is 53.6 Å². The van der Waals surface area contributed by atoms with Gasteiger partial charge >= 0.3 is 0 Å². The number of carbonyl (C=O) groups excluding carboxylic acids is 9. The lowest BCUT2D eigenvalue weighted by atomic mass is 10.1. The molecule has 0 saturated carbocycles. The van der Waals surface area contributed by atoms with Crippen LogP contribution >= 0.6 is 0 Å². The number of nitrogens with zero attached hydrogens (tertiary/aromatic N) is 2. The van der Waals surface area contributed by atoms with Gasteiger partial charge in [-0.2, -0.15) is 0 Å². The predicted octanol–water partition coefficient (Wildman–Crippen LogP) is -4.24. The molecule has 1 rings (SSSR count). The molecule has 3 atom stereocenters. The molecule has 1 aliphatic heterocycles. The third kappa shape index (κ3) is 16.9. The maximum absolute atomic E-state index is 13.5. The molecule has 0 bridgehead atoms. The van der Waals surface area contributed by atoms with Crippen LogP contribution in [0.1, 0.15) is 59.3 Å². The SMILES string of the molecule is CC(=O)NCCCC1NC(=O)CNC(=O)CNC(=O)CNC(=O)C(CCCN(O)C(C)=O)NC(=O)C(CCCN(O)C(C)=O)NC1=O. The number of amides is 9. The van der Waals surface area contributed by atoms with Crippen LogP contribution in [0.3, 0.4) is 0 Å². The molecule has 20 nitrogen and oxygen atoms in total. The number of hydrogen-bond acceptors (Lipinski definition) is 11. The Bertz CT molecular complexity index is 1170. The molecule has 9 N–H and O–H groups in total. The summed E-state index contributed by atoms with van der Waals surface area (Å²) in [5, 5.41) is 37.2. The van der Waals surface area contributed by atoms with Gasteiger partial charge in [0, 0.05) is 40.4 Å². The zero-order valence-corrected chi connectivity index (χ0v) is 26.7. The van der Waals surface area contributed by atoms with E-state index in [1.54, 1.807) is 0 Å². The first-order chi connectivity index (χ1) is 22.1. The fourth-order valence-corrected chi connectivity index (χ4v) is 4.15. The van der Waals surface area contributed by atoms with Gasteiger partial charge in [-0.25, -0.2) is 10.1 Å². The van der Waals surface area contributed by atoms with Crippen molar-refractivity contribution in [1.82, 2.24) is 47.3 Å². The van der Waals surface area contributed by atoms with Gasteiger partial charge < -0.3 is 37.2 Å². The molecule has 0 aliphatic carbocycles. The lowest BCUT2D eigenvalue weighted by Gasteiger charge is -2.26. The first kappa shape index (κ1) is 40.2. The lowest BCUT2D eigenvalue weighted by molar-refractivity contribution is -0.163. The lowest BCUT2D eigenvalue weighted by Crippen LogP contribution is -2.58. The summed E-state index contributed by atoms with van der Waals surface area (Å²) in [6, 6.07) is -3.92. The van der Waals surface area contributed by atoms with Crippen molar-refractivity contribution in [3.05, 3.63) is 0 Å². The van der Waals surface area contributed by atoms with Crippen LogP contribution in [-0.2, 0) is 43.2 Å². The molecule has 0 aromatic carbocycles. The number of hydroxylamine groups is 4. The summed E-state index contributed by atoms with van der Waals surface area (Å²) in [5.74, 6) is -6.39. The van der Waals surface area contributed by atoms with Crippen LogP contribution in [0.15, 0.2) is 0 Å². The highest BCUT2D eigenvalue weighted by Gasteiger charge is 2.30. The molecular weight excluding hydrogens is 626 g/mol. The van der Waals surface area contributed by atoms with Gasteiger partial charge in [0.2, 0.25) is 53.2 Å². The van der Waals surface area contributed by atoms with Crippen molar-refractivity contribution in [3.63, 3.8) is 0 Å². The largest absolute Gasteiger partial charge is 0.356 e. The summed E-state index contributed by atoms with van der Waals surface area (Å²) in [4.78, 5) is 111. The minimum atomic E-state index is -1.36. The van der Waals surface area contributed by atoms with Crippen molar-refractivity contribution in [2.75, 3.05) is 39.3 Å². The zero-order valence-electron chi connectivity index (χ0n) is 26.7. The Morgan fingerprint density at radius 3 is 1.49 bits per heavy atom. The molecule has 1 aliphatic rings. The Morgan fingerprint density at radius 2 is 1.02 bits per heavy atom. The summed E-state index contributed by atoms with van der Waals surface area (Å²) in [7, 11) is 0. The minimum absolute atomic E-state index is 0.00376. The fourth-order valence-electron chi connectivity index (χ4n) is 4.15. The average molecular weight is 672 g/mol. The predicted molar refractivity (Wildman–Crippen MR) is 160 cm³/mol. The van der Waals surface area contributed by atoms with Gasteiger partial charge in [-0.05, 0) is 38.5 Å². The molecule has 1 heterocycles. The van der Waals surface area contributed by atoms with Crippen molar-refractivity contribution in [2.45, 2.75) is 77.4 Å². The van der Waals surface area contributed by atoms with Gasteiger partial charge in [-0.1, -0.05) is 0 Å². The fraction of sp³-hybridized carbons (Fsp3) is 0.667.